The van der Waals surface area contributed by atoms with Gasteiger partial charge in [0, 0.05) is 42.1 Å². The van der Waals surface area contributed by atoms with Crippen LogP contribution < -0.4 is 5.32 Å². The summed E-state index contributed by atoms with van der Waals surface area (Å²) in [5.41, 5.74) is -0.159. The minimum Gasteiger partial charge on any atom is -0.368 e. The number of hydrogen-bond acceptors (Lipinski definition) is 4. The maximum absolute atomic E-state index is 6.42. The topological polar surface area (TPSA) is 24.5 Å². The Balaban J connectivity index is 2.15. The Kier molecular flexibility index (Phi) is 5.35. The van der Waals surface area contributed by atoms with Crippen LogP contribution in [-0.2, 0) is 4.74 Å². The molecule has 21 heavy (non-hydrogen) atoms. The molecule has 0 amide bonds. The van der Waals surface area contributed by atoms with Crippen LogP contribution >= 0.6 is 11.8 Å². The van der Waals surface area contributed by atoms with Crippen LogP contribution in [0, 0.1) is 5.92 Å². The smallest absolute Gasteiger partial charge is 0.0790 e. The lowest BCUT2D eigenvalue weighted by atomic mass is 9.81. The van der Waals surface area contributed by atoms with Crippen LogP contribution in [0.5, 0.6) is 0 Å². The molecule has 0 aromatic rings. The van der Waals surface area contributed by atoms with Gasteiger partial charge in [0.2, 0.25) is 0 Å². The molecule has 0 aromatic carbocycles. The van der Waals surface area contributed by atoms with Crippen LogP contribution in [0.2, 0.25) is 0 Å². The number of rotatable bonds is 4. The lowest BCUT2D eigenvalue weighted by Gasteiger charge is -2.42. The van der Waals surface area contributed by atoms with Crippen molar-refractivity contribution in [1.29, 1.82) is 0 Å². The molecule has 0 aromatic heterocycles. The summed E-state index contributed by atoms with van der Waals surface area (Å²) in [6, 6.07) is 1.08. The standard InChI is InChI=1S/C17H34N2OS/c1-8-18-15-14(16(4,5)20-17(15,6)7)11-19-9-10-21-13(3)12(19)2/h12-15,18H,8-11H2,1-7H3. The first-order valence-corrected chi connectivity index (χ1v) is 9.53. The average Bonchev–Trinajstić information content (AvgIpc) is 2.53. The van der Waals surface area contributed by atoms with E-state index in [2.05, 4.69) is 70.4 Å². The highest BCUT2D eigenvalue weighted by Gasteiger charge is 2.54. The molecule has 0 saturated carbocycles. The molecule has 4 heteroatoms. The van der Waals surface area contributed by atoms with Crippen LogP contribution in [0.4, 0.5) is 0 Å². The predicted octanol–water partition coefficient (Wildman–Crippen LogP) is 2.99. The minimum absolute atomic E-state index is 0.0656. The Bertz CT molecular complexity index is 359. The summed E-state index contributed by atoms with van der Waals surface area (Å²) < 4.78 is 6.42. The summed E-state index contributed by atoms with van der Waals surface area (Å²) in [4.78, 5) is 2.68. The van der Waals surface area contributed by atoms with E-state index in [0.29, 0.717) is 18.0 Å². The molecular formula is C17H34N2OS. The molecule has 2 rings (SSSR count). The number of nitrogens with zero attached hydrogens (tertiary/aromatic N) is 1. The average molecular weight is 315 g/mol. The molecule has 4 unspecified atom stereocenters. The predicted molar refractivity (Wildman–Crippen MR) is 93.2 cm³/mol. The molecule has 2 saturated heterocycles. The van der Waals surface area contributed by atoms with E-state index in [0.717, 1.165) is 18.3 Å². The van der Waals surface area contributed by atoms with Crippen molar-refractivity contribution in [3.05, 3.63) is 0 Å². The van der Waals surface area contributed by atoms with Gasteiger partial charge in [0.25, 0.3) is 0 Å². The minimum atomic E-state index is -0.0937. The fourth-order valence-electron chi connectivity index (χ4n) is 4.14. The summed E-state index contributed by atoms with van der Waals surface area (Å²) >= 11 is 2.11. The van der Waals surface area contributed by atoms with E-state index >= 15 is 0 Å². The molecular weight excluding hydrogens is 280 g/mol. The second-order valence-corrected chi connectivity index (χ2v) is 9.25. The van der Waals surface area contributed by atoms with Crippen molar-refractivity contribution >= 4 is 11.8 Å². The number of thioether (sulfide) groups is 1. The van der Waals surface area contributed by atoms with Crippen LogP contribution in [-0.4, -0.2) is 58.8 Å². The summed E-state index contributed by atoms with van der Waals surface area (Å²) in [5.74, 6) is 1.79. The molecule has 2 aliphatic rings. The molecule has 3 nitrogen and oxygen atoms in total. The first-order valence-electron chi connectivity index (χ1n) is 8.48. The second kappa shape index (κ2) is 6.38. The molecule has 0 radical (unpaired) electrons. The molecule has 124 valence electrons. The van der Waals surface area contributed by atoms with E-state index in [-0.39, 0.29) is 11.2 Å². The third-order valence-electron chi connectivity index (χ3n) is 5.44. The van der Waals surface area contributed by atoms with E-state index in [4.69, 9.17) is 4.74 Å². The molecule has 0 bridgehead atoms. The molecule has 4 atom stereocenters. The molecule has 0 aliphatic carbocycles. The fourth-order valence-corrected chi connectivity index (χ4v) is 5.30. The third-order valence-corrected chi connectivity index (χ3v) is 6.78. The molecule has 1 N–H and O–H groups in total. The molecule has 2 heterocycles. The molecule has 0 spiro atoms. The van der Waals surface area contributed by atoms with E-state index < -0.39 is 0 Å². The summed E-state index contributed by atoms with van der Waals surface area (Å²) in [6.07, 6.45) is 0. The maximum atomic E-state index is 6.42. The Morgan fingerprint density at radius 1 is 1.19 bits per heavy atom. The van der Waals surface area contributed by atoms with Gasteiger partial charge in [-0.05, 0) is 41.2 Å². The third kappa shape index (κ3) is 3.60. The van der Waals surface area contributed by atoms with Crippen LogP contribution in [0.3, 0.4) is 0 Å². The van der Waals surface area contributed by atoms with E-state index in [1.807, 2.05) is 0 Å². The van der Waals surface area contributed by atoms with Crippen molar-refractivity contribution in [3.8, 4) is 0 Å². The monoisotopic (exact) mass is 314 g/mol. The van der Waals surface area contributed by atoms with Crippen molar-refractivity contribution in [2.45, 2.75) is 77.0 Å². The second-order valence-electron chi connectivity index (χ2n) is 7.76. The number of nitrogens with one attached hydrogen (secondary N) is 1. The SMILES string of the molecule is CCNC1C(CN2CCSC(C)C2C)C(C)(C)OC1(C)C. The Morgan fingerprint density at radius 2 is 1.86 bits per heavy atom. The quantitative estimate of drug-likeness (QED) is 0.862. The van der Waals surface area contributed by atoms with Gasteiger partial charge >= 0.3 is 0 Å². The van der Waals surface area contributed by atoms with E-state index in [9.17, 15) is 0 Å². The van der Waals surface area contributed by atoms with Crippen LogP contribution in [0.25, 0.3) is 0 Å². The van der Waals surface area contributed by atoms with Crippen molar-refractivity contribution in [2.24, 2.45) is 5.92 Å². The largest absolute Gasteiger partial charge is 0.368 e. The molecule has 2 aliphatic heterocycles. The van der Waals surface area contributed by atoms with Crippen molar-refractivity contribution in [2.75, 3.05) is 25.4 Å². The van der Waals surface area contributed by atoms with E-state index in [1.54, 1.807) is 0 Å². The summed E-state index contributed by atoms with van der Waals surface area (Å²) in [6.45, 7) is 19.3. The van der Waals surface area contributed by atoms with Gasteiger partial charge < -0.3 is 10.1 Å². The van der Waals surface area contributed by atoms with E-state index in [1.165, 1.54) is 12.3 Å². The lowest BCUT2D eigenvalue weighted by molar-refractivity contribution is -0.0801. The molecule has 2 fully saturated rings. The lowest BCUT2D eigenvalue weighted by Crippen LogP contribution is -2.54. The number of ether oxygens (including phenoxy) is 1. The zero-order valence-corrected chi connectivity index (χ0v) is 15.7. The summed E-state index contributed by atoms with van der Waals surface area (Å²) in [5, 5.41) is 4.43. The van der Waals surface area contributed by atoms with Gasteiger partial charge in [-0.2, -0.15) is 11.8 Å². The van der Waals surface area contributed by atoms with Gasteiger partial charge in [0.15, 0.2) is 0 Å². The van der Waals surface area contributed by atoms with Crippen LogP contribution in [0.15, 0.2) is 0 Å². The highest BCUT2D eigenvalue weighted by Crippen LogP contribution is 2.43. The van der Waals surface area contributed by atoms with Gasteiger partial charge in [0.1, 0.15) is 0 Å². The normalized spacial score (nSPS) is 39.6. The van der Waals surface area contributed by atoms with Gasteiger partial charge in [-0.15, -0.1) is 0 Å². The Hall–Kier alpha value is 0.230. The maximum Gasteiger partial charge on any atom is 0.0790 e. The van der Waals surface area contributed by atoms with Gasteiger partial charge in [0.05, 0.1) is 11.2 Å². The fraction of sp³-hybridized carbons (Fsp3) is 1.00. The van der Waals surface area contributed by atoms with Gasteiger partial charge in [-0.3, -0.25) is 4.90 Å². The highest BCUT2D eigenvalue weighted by atomic mass is 32.2. The van der Waals surface area contributed by atoms with Crippen molar-refractivity contribution < 1.29 is 4.74 Å². The zero-order valence-electron chi connectivity index (χ0n) is 14.9. The zero-order chi connectivity index (χ0) is 15.8. The van der Waals surface area contributed by atoms with Crippen molar-refractivity contribution in [1.82, 2.24) is 10.2 Å². The van der Waals surface area contributed by atoms with Gasteiger partial charge in [-0.25, -0.2) is 0 Å². The Morgan fingerprint density at radius 3 is 2.48 bits per heavy atom. The highest BCUT2D eigenvalue weighted by molar-refractivity contribution is 8.00. The van der Waals surface area contributed by atoms with Gasteiger partial charge in [-0.1, -0.05) is 13.8 Å². The number of hydrogen-bond donors (Lipinski definition) is 1. The Labute approximate surface area is 135 Å². The van der Waals surface area contributed by atoms with Crippen LogP contribution in [0.1, 0.15) is 48.5 Å². The summed E-state index contributed by atoms with van der Waals surface area (Å²) in [7, 11) is 0. The first-order chi connectivity index (χ1) is 9.69. The number of likely N-dealkylation sites (N-methyl/N-ethyl adjacent to an activating group) is 1. The van der Waals surface area contributed by atoms with Crippen molar-refractivity contribution in [3.63, 3.8) is 0 Å². The first kappa shape index (κ1) is 17.6.